The van der Waals surface area contributed by atoms with Gasteiger partial charge < -0.3 is 10.4 Å². The van der Waals surface area contributed by atoms with Crippen molar-refractivity contribution in [2.75, 3.05) is 6.54 Å². The minimum absolute atomic E-state index is 0.0304. The quantitative estimate of drug-likeness (QED) is 0.889. The molecule has 0 fully saturated rings. The first kappa shape index (κ1) is 12.1. The topological polar surface area (TPSA) is 45.2 Å². The first-order chi connectivity index (χ1) is 8.78. The van der Waals surface area contributed by atoms with Crippen molar-refractivity contribution >= 4 is 22.9 Å². The SMILES string of the molecule is OCc1ccc(-c2nc3c(s2)CNCC3)cc1Cl. The van der Waals surface area contributed by atoms with Crippen molar-refractivity contribution in [2.45, 2.75) is 19.6 Å². The molecule has 2 aromatic rings. The Hall–Kier alpha value is -0.940. The normalized spacial score (nSPS) is 14.6. The molecule has 0 saturated heterocycles. The zero-order valence-corrected chi connectivity index (χ0v) is 11.3. The number of aromatic nitrogens is 1. The fourth-order valence-electron chi connectivity index (χ4n) is 2.06. The highest BCUT2D eigenvalue weighted by Crippen LogP contribution is 2.32. The number of nitrogens with one attached hydrogen (secondary N) is 1. The van der Waals surface area contributed by atoms with Crippen molar-refractivity contribution in [3.05, 3.63) is 39.4 Å². The maximum absolute atomic E-state index is 9.11. The van der Waals surface area contributed by atoms with Crippen molar-refractivity contribution in [1.82, 2.24) is 10.3 Å². The van der Waals surface area contributed by atoms with Gasteiger partial charge in [-0.25, -0.2) is 4.98 Å². The summed E-state index contributed by atoms with van der Waals surface area (Å²) >= 11 is 7.83. The molecule has 0 bridgehead atoms. The van der Waals surface area contributed by atoms with Crippen molar-refractivity contribution < 1.29 is 5.11 Å². The summed E-state index contributed by atoms with van der Waals surface area (Å²) < 4.78 is 0. The van der Waals surface area contributed by atoms with Gasteiger partial charge in [0.2, 0.25) is 0 Å². The molecule has 94 valence electrons. The van der Waals surface area contributed by atoms with Crippen LogP contribution in [0.15, 0.2) is 18.2 Å². The van der Waals surface area contributed by atoms with Gasteiger partial charge in [0, 0.05) is 35.0 Å². The minimum atomic E-state index is -0.0304. The molecular weight excluding hydrogens is 268 g/mol. The number of fused-ring (bicyclic) bond motifs is 1. The number of hydrogen-bond donors (Lipinski definition) is 2. The van der Waals surface area contributed by atoms with Crippen molar-refractivity contribution in [1.29, 1.82) is 0 Å². The van der Waals surface area contributed by atoms with E-state index >= 15 is 0 Å². The number of nitrogens with zero attached hydrogens (tertiary/aromatic N) is 1. The van der Waals surface area contributed by atoms with E-state index in [9.17, 15) is 0 Å². The van der Waals surface area contributed by atoms with Crippen LogP contribution in [0.2, 0.25) is 5.02 Å². The van der Waals surface area contributed by atoms with Crippen LogP contribution in [0.25, 0.3) is 10.6 Å². The van der Waals surface area contributed by atoms with E-state index in [1.54, 1.807) is 11.3 Å². The Morgan fingerprint density at radius 3 is 3.06 bits per heavy atom. The highest BCUT2D eigenvalue weighted by molar-refractivity contribution is 7.15. The monoisotopic (exact) mass is 280 g/mol. The van der Waals surface area contributed by atoms with E-state index in [-0.39, 0.29) is 6.61 Å². The summed E-state index contributed by atoms with van der Waals surface area (Å²) in [6.07, 6.45) is 0.994. The molecule has 0 radical (unpaired) electrons. The van der Waals surface area contributed by atoms with Crippen LogP contribution in [-0.4, -0.2) is 16.6 Å². The fourth-order valence-corrected chi connectivity index (χ4v) is 3.37. The summed E-state index contributed by atoms with van der Waals surface area (Å²) in [6.45, 7) is 1.88. The molecule has 0 atom stereocenters. The molecule has 1 aliphatic heterocycles. The Morgan fingerprint density at radius 1 is 1.44 bits per heavy atom. The average Bonchev–Trinajstić information content (AvgIpc) is 2.82. The minimum Gasteiger partial charge on any atom is -0.392 e. The van der Waals surface area contributed by atoms with Gasteiger partial charge in [-0.15, -0.1) is 11.3 Å². The van der Waals surface area contributed by atoms with Crippen LogP contribution in [0.3, 0.4) is 0 Å². The molecule has 0 spiro atoms. The molecule has 3 nitrogen and oxygen atoms in total. The number of benzene rings is 1. The van der Waals surface area contributed by atoms with E-state index in [1.807, 2.05) is 18.2 Å². The van der Waals surface area contributed by atoms with Crippen LogP contribution in [0.1, 0.15) is 16.1 Å². The first-order valence-corrected chi connectivity index (χ1v) is 7.06. The summed E-state index contributed by atoms with van der Waals surface area (Å²) in [7, 11) is 0. The van der Waals surface area contributed by atoms with E-state index in [4.69, 9.17) is 16.7 Å². The molecule has 1 aromatic carbocycles. The third-order valence-electron chi connectivity index (χ3n) is 3.07. The molecule has 1 aliphatic rings. The molecule has 3 rings (SSSR count). The zero-order chi connectivity index (χ0) is 12.5. The average molecular weight is 281 g/mol. The lowest BCUT2D eigenvalue weighted by molar-refractivity contribution is 0.282. The van der Waals surface area contributed by atoms with E-state index in [0.29, 0.717) is 5.02 Å². The maximum Gasteiger partial charge on any atom is 0.123 e. The van der Waals surface area contributed by atoms with E-state index < -0.39 is 0 Å². The van der Waals surface area contributed by atoms with Crippen LogP contribution in [0.4, 0.5) is 0 Å². The molecule has 0 amide bonds. The predicted octanol–water partition coefficient (Wildman–Crippen LogP) is 2.60. The van der Waals surface area contributed by atoms with Gasteiger partial charge in [0.05, 0.1) is 12.3 Å². The first-order valence-electron chi connectivity index (χ1n) is 5.87. The fraction of sp³-hybridized carbons (Fsp3) is 0.308. The summed E-state index contributed by atoms with van der Waals surface area (Å²) in [6, 6.07) is 5.70. The van der Waals surface area contributed by atoms with Gasteiger partial charge in [-0.1, -0.05) is 23.7 Å². The van der Waals surface area contributed by atoms with Gasteiger partial charge in [0.15, 0.2) is 0 Å². The van der Waals surface area contributed by atoms with Gasteiger partial charge in [-0.2, -0.15) is 0 Å². The highest BCUT2D eigenvalue weighted by atomic mass is 35.5. The maximum atomic E-state index is 9.11. The second kappa shape index (κ2) is 4.97. The van der Waals surface area contributed by atoms with Crippen molar-refractivity contribution in [3.8, 4) is 10.6 Å². The smallest absolute Gasteiger partial charge is 0.123 e. The highest BCUT2D eigenvalue weighted by Gasteiger charge is 2.16. The molecule has 0 saturated carbocycles. The largest absolute Gasteiger partial charge is 0.392 e. The number of aliphatic hydroxyl groups is 1. The number of aliphatic hydroxyl groups excluding tert-OH is 1. The van der Waals surface area contributed by atoms with Gasteiger partial charge in [-0.3, -0.25) is 0 Å². The molecule has 2 heterocycles. The number of halogens is 1. The van der Waals surface area contributed by atoms with Crippen LogP contribution in [0, 0.1) is 0 Å². The summed E-state index contributed by atoms with van der Waals surface area (Å²) in [5.74, 6) is 0. The number of hydrogen-bond acceptors (Lipinski definition) is 4. The second-order valence-corrected chi connectivity index (χ2v) is 5.77. The van der Waals surface area contributed by atoms with Crippen LogP contribution in [-0.2, 0) is 19.6 Å². The van der Waals surface area contributed by atoms with Crippen molar-refractivity contribution in [2.24, 2.45) is 0 Å². The van der Waals surface area contributed by atoms with Gasteiger partial charge in [0.1, 0.15) is 5.01 Å². The Balaban J connectivity index is 1.99. The van der Waals surface area contributed by atoms with Crippen LogP contribution in [0.5, 0.6) is 0 Å². The Labute approximate surface area is 114 Å². The zero-order valence-electron chi connectivity index (χ0n) is 9.74. The molecule has 18 heavy (non-hydrogen) atoms. The molecule has 0 aliphatic carbocycles. The van der Waals surface area contributed by atoms with Crippen LogP contribution < -0.4 is 5.32 Å². The van der Waals surface area contributed by atoms with Gasteiger partial charge in [0.25, 0.3) is 0 Å². The Bertz CT molecular complexity index is 559. The molecule has 0 unspecified atom stereocenters. The van der Waals surface area contributed by atoms with Crippen LogP contribution >= 0.6 is 22.9 Å². The molecular formula is C13H13ClN2OS. The molecule has 5 heteroatoms. The lowest BCUT2D eigenvalue weighted by atomic mass is 10.1. The second-order valence-electron chi connectivity index (χ2n) is 4.28. The summed E-state index contributed by atoms with van der Waals surface area (Å²) in [4.78, 5) is 5.99. The predicted molar refractivity (Wildman–Crippen MR) is 73.9 cm³/mol. The third kappa shape index (κ3) is 2.17. The Morgan fingerprint density at radius 2 is 2.33 bits per heavy atom. The molecule has 2 N–H and O–H groups in total. The standard InChI is InChI=1S/C13H13ClN2OS/c14-10-5-8(1-2-9(10)7-17)13-16-11-3-4-15-6-12(11)18-13/h1-2,5,15,17H,3-4,6-7H2. The lowest BCUT2D eigenvalue weighted by Gasteiger charge is -2.09. The third-order valence-corrected chi connectivity index (χ3v) is 4.57. The van der Waals surface area contributed by atoms with E-state index in [2.05, 4.69) is 10.3 Å². The lowest BCUT2D eigenvalue weighted by Crippen LogP contribution is -2.22. The summed E-state index contributed by atoms with van der Waals surface area (Å²) in [5.41, 5.74) is 2.98. The van der Waals surface area contributed by atoms with Crippen molar-refractivity contribution in [3.63, 3.8) is 0 Å². The van der Waals surface area contributed by atoms with E-state index in [0.717, 1.165) is 35.6 Å². The number of rotatable bonds is 2. The van der Waals surface area contributed by atoms with E-state index in [1.165, 1.54) is 10.6 Å². The Kier molecular flexibility index (Phi) is 3.35. The van der Waals surface area contributed by atoms with Gasteiger partial charge >= 0.3 is 0 Å². The van der Waals surface area contributed by atoms with Gasteiger partial charge in [-0.05, 0) is 11.6 Å². The summed E-state index contributed by atoms with van der Waals surface area (Å²) in [5, 5.41) is 14.1. The molecule has 1 aromatic heterocycles. The number of thiazole rings is 1.